The van der Waals surface area contributed by atoms with Crippen LogP contribution >= 0.6 is 0 Å². The number of ether oxygens (including phenoxy) is 2. The van der Waals surface area contributed by atoms with Crippen LogP contribution in [0.1, 0.15) is 12.5 Å². The summed E-state index contributed by atoms with van der Waals surface area (Å²) < 4.78 is 15.8. The molecule has 0 saturated carbocycles. The predicted molar refractivity (Wildman–Crippen MR) is 81.0 cm³/mol. The Morgan fingerprint density at radius 1 is 1.14 bits per heavy atom. The van der Waals surface area contributed by atoms with Crippen LogP contribution in [0, 0.1) is 0 Å². The third-order valence-corrected chi connectivity index (χ3v) is 3.12. The number of benzene rings is 2. The maximum atomic E-state index is 12.0. The van der Waals surface area contributed by atoms with Crippen LogP contribution < -0.4 is 9.47 Å². The fourth-order valence-corrected chi connectivity index (χ4v) is 2.11. The van der Waals surface area contributed by atoms with Crippen LogP contribution in [-0.4, -0.2) is 17.6 Å². The molecule has 5 nitrogen and oxygen atoms in total. The number of hydrogen-bond donors (Lipinski definition) is 0. The zero-order valence-corrected chi connectivity index (χ0v) is 12.1. The fraction of sp³-hybridized carbons (Fsp3) is 0.176. The van der Waals surface area contributed by atoms with Gasteiger partial charge in [-0.25, -0.2) is 4.98 Å². The maximum absolute atomic E-state index is 12.0. The predicted octanol–water partition coefficient (Wildman–Crippen LogP) is 3.37. The van der Waals surface area contributed by atoms with Crippen molar-refractivity contribution in [2.75, 3.05) is 6.61 Å². The van der Waals surface area contributed by atoms with E-state index in [1.807, 2.05) is 31.2 Å². The molecular formula is C17H15NO4. The summed E-state index contributed by atoms with van der Waals surface area (Å²) in [4.78, 5) is 16.0. The lowest BCUT2D eigenvalue weighted by molar-refractivity contribution is -0.133. The molecule has 0 fully saturated rings. The molecule has 0 saturated heterocycles. The van der Waals surface area contributed by atoms with Crippen molar-refractivity contribution < 1.29 is 18.7 Å². The van der Waals surface area contributed by atoms with Gasteiger partial charge in [0.25, 0.3) is 0 Å². The van der Waals surface area contributed by atoms with Gasteiger partial charge in [0, 0.05) is 6.07 Å². The molecule has 0 aliphatic rings. The molecule has 3 aromatic rings. The van der Waals surface area contributed by atoms with Crippen LogP contribution in [0.25, 0.3) is 11.1 Å². The molecule has 0 atom stereocenters. The van der Waals surface area contributed by atoms with Crippen molar-refractivity contribution in [2.24, 2.45) is 0 Å². The molecule has 0 aliphatic heterocycles. The Morgan fingerprint density at radius 3 is 2.68 bits per heavy atom. The molecule has 112 valence electrons. The molecular weight excluding hydrogens is 282 g/mol. The van der Waals surface area contributed by atoms with Crippen molar-refractivity contribution in [2.45, 2.75) is 13.3 Å². The minimum absolute atomic E-state index is 0.198. The van der Waals surface area contributed by atoms with Gasteiger partial charge in [-0.2, -0.15) is 0 Å². The van der Waals surface area contributed by atoms with Gasteiger partial charge in [0.1, 0.15) is 17.0 Å². The standard InChI is InChI=1S/C17H15NO4/c1-2-20-13-5-3-12(4-6-13)9-17(19)22-14-7-8-16-15(10-14)18-11-21-16/h3-8,10-11H,2,9H2,1H3. The zero-order valence-electron chi connectivity index (χ0n) is 12.1. The molecule has 0 unspecified atom stereocenters. The molecule has 0 N–H and O–H groups in total. The summed E-state index contributed by atoms with van der Waals surface area (Å²) in [7, 11) is 0. The van der Waals surface area contributed by atoms with E-state index in [2.05, 4.69) is 4.98 Å². The summed E-state index contributed by atoms with van der Waals surface area (Å²) in [6.07, 6.45) is 1.56. The van der Waals surface area contributed by atoms with E-state index in [4.69, 9.17) is 13.9 Å². The average Bonchev–Trinajstić information content (AvgIpc) is 2.97. The first-order valence-corrected chi connectivity index (χ1v) is 7.00. The van der Waals surface area contributed by atoms with Gasteiger partial charge >= 0.3 is 5.97 Å². The van der Waals surface area contributed by atoms with Gasteiger partial charge in [0.2, 0.25) is 0 Å². The molecule has 1 heterocycles. The van der Waals surface area contributed by atoms with Gasteiger partial charge in [-0.3, -0.25) is 4.79 Å². The fourth-order valence-electron chi connectivity index (χ4n) is 2.11. The Labute approximate surface area is 127 Å². The van der Waals surface area contributed by atoms with E-state index in [9.17, 15) is 4.79 Å². The second-order valence-electron chi connectivity index (χ2n) is 4.71. The molecule has 2 aromatic carbocycles. The summed E-state index contributed by atoms with van der Waals surface area (Å²) in [6, 6.07) is 12.5. The van der Waals surface area contributed by atoms with Crippen molar-refractivity contribution in [1.29, 1.82) is 0 Å². The summed E-state index contributed by atoms with van der Waals surface area (Å²) in [5.74, 6) is 0.917. The number of nitrogens with zero attached hydrogens (tertiary/aromatic N) is 1. The topological polar surface area (TPSA) is 61.6 Å². The van der Waals surface area contributed by atoms with Gasteiger partial charge in [-0.15, -0.1) is 0 Å². The van der Waals surface area contributed by atoms with Crippen molar-refractivity contribution in [3.05, 3.63) is 54.4 Å². The molecule has 1 aromatic heterocycles. The average molecular weight is 297 g/mol. The zero-order chi connectivity index (χ0) is 15.4. The van der Waals surface area contributed by atoms with E-state index in [-0.39, 0.29) is 12.4 Å². The Kier molecular flexibility index (Phi) is 4.05. The van der Waals surface area contributed by atoms with Crippen LogP contribution in [0.15, 0.2) is 53.3 Å². The highest BCUT2D eigenvalue weighted by atomic mass is 16.5. The van der Waals surface area contributed by atoms with E-state index in [0.29, 0.717) is 23.5 Å². The third-order valence-electron chi connectivity index (χ3n) is 3.12. The monoisotopic (exact) mass is 297 g/mol. The van der Waals surface area contributed by atoms with E-state index < -0.39 is 0 Å². The van der Waals surface area contributed by atoms with Gasteiger partial charge < -0.3 is 13.9 Å². The minimum atomic E-state index is -0.327. The Bertz CT molecular complexity index is 777. The molecule has 0 spiro atoms. The van der Waals surface area contributed by atoms with Crippen LogP contribution in [0.3, 0.4) is 0 Å². The van der Waals surface area contributed by atoms with Crippen molar-refractivity contribution in [3.63, 3.8) is 0 Å². The number of oxazole rings is 1. The summed E-state index contributed by atoms with van der Waals surface area (Å²) in [5.41, 5.74) is 2.19. The second-order valence-corrected chi connectivity index (χ2v) is 4.71. The van der Waals surface area contributed by atoms with E-state index >= 15 is 0 Å². The number of carbonyl (C=O) groups excluding carboxylic acids is 1. The van der Waals surface area contributed by atoms with Gasteiger partial charge in [0.05, 0.1) is 13.0 Å². The van der Waals surface area contributed by atoms with E-state index in [1.54, 1.807) is 18.2 Å². The van der Waals surface area contributed by atoms with Crippen molar-refractivity contribution >= 4 is 17.1 Å². The molecule has 0 aliphatic carbocycles. The highest BCUT2D eigenvalue weighted by Gasteiger charge is 2.08. The number of esters is 1. The van der Waals surface area contributed by atoms with Crippen LogP contribution in [-0.2, 0) is 11.2 Å². The smallest absolute Gasteiger partial charge is 0.315 e. The molecule has 22 heavy (non-hydrogen) atoms. The quantitative estimate of drug-likeness (QED) is 0.533. The van der Waals surface area contributed by atoms with E-state index in [1.165, 1.54) is 6.39 Å². The SMILES string of the molecule is CCOc1ccc(CC(=O)Oc2ccc3ocnc3c2)cc1. The number of rotatable bonds is 5. The molecule has 3 rings (SSSR count). The van der Waals surface area contributed by atoms with Gasteiger partial charge in [-0.1, -0.05) is 12.1 Å². The highest BCUT2D eigenvalue weighted by molar-refractivity contribution is 5.78. The second kappa shape index (κ2) is 6.30. The maximum Gasteiger partial charge on any atom is 0.315 e. The molecule has 0 amide bonds. The first-order valence-electron chi connectivity index (χ1n) is 7.00. The highest BCUT2D eigenvalue weighted by Crippen LogP contribution is 2.20. The number of hydrogen-bond acceptors (Lipinski definition) is 5. The lowest BCUT2D eigenvalue weighted by Crippen LogP contribution is -2.11. The van der Waals surface area contributed by atoms with Gasteiger partial charge in [0.15, 0.2) is 12.0 Å². The number of aromatic nitrogens is 1. The van der Waals surface area contributed by atoms with E-state index in [0.717, 1.165) is 11.3 Å². The van der Waals surface area contributed by atoms with Crippen molar-refractivity contribution in [1.82, 2.24) is 4.98 Å². The van der Waals surface area contributed by atoms with Crippen molar-refractivity contribution in [3.8, 4) is 11.5 Å². The minimum Gasteiger partial charge on any atom is -0.494 e. The molecule has 0 bridgehead atoms. The Balaban J connectivity index is 1.63. The third kappa shape index (κ3) is 3.25. The summed E-state index contributed by atoms with van der Waals surface area (Å²) in [5, 5.41) is 0. The Hall–Kier alpha value is -2.82. The normalized spacial score (nSPS) is 10.6. The number of carbonyl (C=O) groups is 1. The van der Waals surface area contributed by atoms with Gasteiger partial charge in [-0.05, 0) is 36.8 Å². The first-order chi connectivity index (χ1) is 10.7. The summed E-state index contributed by atoms with van der Waals surface area (Å²) >= 11 is 0. The lowest BCUT2D eigenvalue weighted by atomic mass is 10.1. The Morgan fingerprint density at radius 2 is 1.91 bits per heavy atom. The molecule has 0 radical (unpaired) electrons. The van der Waals surface area contributed by atoms with Crippen LogP contribution in [0.4, 0.5) is 0 Å². The molecule has 5 heteroatoms. The number of fused-ring (bicyclic) bond motifs is 1. The first kappa shape index (κ1) is 14.1. The van der Waals surface area contributed by atoms with Crippen LogP contribution in [0.5, 0.6) is 11.5 Å². The summed E-state index contributed by atoms with van der Waals surface area (Å²) in [6.45, 7) is 2.54. The largest absolute Gasteiger partial charge is 0.494 e. The lowest BCUT2D eigenvalue weighted by Gasteiger charge is -2.06. The van der Waals surface area contributed by atoms with Crippen LogP contribution in [0.2, 0.25) is 0 Å².